The normalized spacial score (nSPS) is 15.2. The molecule has 1 amide bonds. The number of carbonyl (C=O) groups excluding carboxylic acids is 1. The molecule has 0 bridgehead atoms. The van der Waals surface area contributed by atoms with Crippen molar-refractivity contribution in [3.63, 3.8) is 0 Å². The largest absolute Gasteiger partial charge is 0.355 e. The molecule has 1 saturated carbocycles. The predicted molar refractivity (Wildman–Crippen MR) is 59.6 cm³/mol. The van der Waals surface area contributed by atoms with E-state index in [1.165, 1.54) is 0 Å². The van der Waals surface area contributed by atoms with Crippen molar-refractivity contribution in [2.24, 2.45) is 5.92 Å². The topological polar surface area (TPSA) is 54.0 Å². The number of hydrogen-bond acceptors (Lipinski definition) is 4. The van der Waals surface area contributed by atoms with Gasteiger partial charge in [0.25, 0.3) is 0 Å². The molecule has 0 spiro atoms. The first-order chi connectivity index (χ1) is 7.36. The predicted octanol–water partition coefficient (Wildman–Crippen LogP) is 0.759. The molecule has 1 aromatic heterocycles. The summed E-state index contributed by atoms with van der Waals surface area (Å²) in [5, 5.41) is 9.19. The quantitative estimate of drug-likeness (QED) is 0.703. The van der Waals surface area contributed by atoms with Gasteiger partial charge in [0.15, 0.2) is 0 Å². The number of hydrogen-bond donors (Lipinski definition) is 2. The van der Waals surface area contributed by atoms with Crippen molar-refractivity contribution in [2.45, 2.75) is 19.4 Å². The Morgan fingerprint density at radius 3 is 3.07 bits per heavy atom. The summed E-state index contributed by atoms with van der Waals surface area (Å²) in [5.41, 5.74) is 0. The number of nitrogens with zero attached hydrogens (tertiary/aromatic N) is 1. The van der Waals surface area contributed by atoms with Crippen LogP contribution in [0.1, 0.15) is 17.8 Å². The smallest absolute Gasteiger partial charge is 0.223 e. The average Bonchev–Trinajstić information content (AvgIpc) is 2.97. The summed E-state index contributed by atoms with van der Waals surface area (Å²) in [5.74, 6) is 0.523. The number of carbonyl (C=O) groups is 1. The summed E-state index contributed by atoms with van der Waals surface area (Å²) in [6, 6.07) is 0. The van der Waals surface area contributed by atoms with Crippen molar-refractivity contribution in [3.8, 4) is 0 Å². The molecule has 0 saturated heterocycles. The van der Waals surface area contributed by atoms with Gasteiger partial charge in [-0.15, -0.1) is 11.3 Å². The summed E-state index contributed by atoms with van der Waals surface area (Å²) in [4.78, 5) is 15.4. The third-order valence-corrected chi connectivity index (χ3v) is 3.09. The van der Waals surface area contributed by atoms with Crippen LogP contribution in [0.3, 0.4) is 0 Å². The molecule has 0 aromatic carbocycles. The molecule has 2 N–H and O–H groups in total. The van der Waals surface area contributed by atoms with Gasteiger partial charge >= 0.3 is 0 Å². The number of amides is 1. The van der Waals surface area contributed by atoms with E-state index in [4.69, 9.17) is 0 Å². The SMILES string of the molecule is O=C(NCCNCc1nccs1)C1CC1. The minimum atomic E-state index is 0.214. The van der Waals surface area contributed by atoms with Crippen LogP contribution in [-0.2, 0) is 11.3 Å². The Hall–Kier alpha value is -0.940. The van der Waals surface area contributed by atoms with E-state index in [1.807, 2.05) is 5.38 Å². The highest BCUT2D eigenvalue weighted by molar-refractivity contribution is 7.09. The van der Waals surface area contributed by atoms with Gasteiger partial charge in [0.2, 0.25) is 5.91 Å². The Labute approximate surface area is 93.1 Å². The standard InChI is InChI=1S/C10H15N3OS/c14-10(8-1-2-8)13-4-3-11-7-9-12-5-6-15-9/h5-6,8,11H,1-4,7H2,(H,13,14). The van der Waals surface area contributed by atoms with E-state index >= 15 is 0 Å². The van der Waals surface area contributed by atoms with Crippen LogP contribution in [0.25, 0.3) is 0 Å². The van der Waals surface area contributed by atoms with Gasteiger partial charge in [-0.2, -0.15) is 0 Å². The van der Waals surface area contributed by atoms with Crippen LogP contribution in [0.4, 0.5) is 0 Å². The van der Waals surface area contributed by atoms with Gasteiger partial charge in [0.05, 0.1) is 0 Å². The third-order valence-electron chi connectivity index (χ3n) is 2.31. The first kappa shape index (κ1) is 10.6. The molecule has 2 rings (SSSR count). The first-order valence-corrected chi connectivity index (χ1v) is 6.11. The molecular weight excluding hydrogens is 210 g/mol. The minimum absolute atomic E-state index is 0.214. The number of thiazole rings is 1. The van der Waals surface area contributed by atoms with E-state index in [2.05, 4.69) is 15.6 Å². The fourth-order valence-electron chi connectivity index (χ4n) is 1.30. The van der Waals surface area contributed by atoms with Crippen LogP contribution in [0, 0.1) is 5.92 Å². The number of nitrogens with one attached hydrogen (secondary N) is 2. The molecule has 0 radical (unpaired) electrons. The van der Waals surface area contributed by atoms with E-state index in [0.29, 0.717) is 12.5 Å². The van der Waals surface area contributed by atoms with Crippen molar-refractivity contribution in [3.05, 3.63) is 16.6 Å². The second-order valence-corrected chi connectivity index (χ2v) is 4.65. The molecule has 15 heavy (non-hydrogen) atoms. The molecule has 4 nitrogen and oxygen atoms in total. The lowest BCUT2D eigenvalue weighted by atomic mass is 10.4. The van der Waals surface area contributed by atoms with Crippen molar-refractivity contribution in [1.82, 2.24) is 15.6 Å². The van der Waals surface area contributed by atoms with Crippen molar-refractivity contribution < 1.29 is 4.79 Å². The van der Waals surface area contributed by atoms with E-state index in [1.54, 1.807) is 17.5 Å². The first-order valence-electron chi connectivity index (χ1n) is 5.23. The van der Waals surface area contributed by atoms with Crippen molar-refractivity contribution >= 4 is 17.2 Å². The molecule has 0 unspecified atom stereocenters. The zero-order valence-corrected chi connectivity index (χ0v) is 9.35. The zero-order chi connectivity index (χ0) is 10.5. The molecule has 1 aliphatic carbocycles. The van der Waals surface area contributed by atoms with Crippen LogP contribution in [0.2, 0.25) is 0 Å². The lowest BCUT2D eigenvalue weighted by molar-refractivity contribution is -0.122. The molecule has 1 aromatic rings. The van der Waals surface area contributed by atoms with Gasteiger partial charge in [0.1, 0.15) is 5.01 Å². The minimum Gasteiger partial charge on any atom is -0.355 e. The van der Waals surface area contributed by atoms with Crippen molar-refractivity contribution in [2.75, 3.05) is 13.1 Å². The average molecular weight is 225 g/mol. The van der Waals surface area contributed by atoms with Crippen molar-refractivity contribution in [1.29, 1.82) is 0 Å². The Balaban J connectivity index is 1.50. The van der Waals surface area contributed by atoms with Crippen LogP contribution < -0.4 is 10.6 Å². The molecule has 1 fully saturated rings. The molecule has 0 aliphatic heterocycles. The summed E-state index contributed by atoms with van der Waals surface area (Å²) in [6.07, 6.45) is 3.94. The molecule has 82 valence electrons. The Morgan fingerprint density at radius 2 is 2.40 bits per heavy atom. The lowest BCUT2D eigenvalue weighted by Crippen LogP contribution is -2.32. The number of aromatic nitrogens is 1. The summed E-state index contributed by atoms with van der Waals surface area (Å²) in [6.45, 7) is 2.30. The molecular formula is C10H15N3OS. The monoisotopic (exact) mass is 225 g/mol. The highest BCUT2D eigenvalue weighted by atomic mass is 32.1. The van der Waals surface area contributed by atoms with E-state index in [-0.39, 0.29) is 5.91 Å². The molecule has 1 heterocycles. The summed E-state index contributed by atoms with van der Waals surface area (Å²) >= 11 is 1.64. The van der Waals surface area contributed by atoms with Gasteiger partial charge in [-0.1, -0.05) is 0 Å². The van der Waals surface area contributed by atoms with Crippen LogP contribution >= 0.6 is 11.3 Å². The van der Waals surface area contributed by atoms with Gasteiger partial charge in [-0.3, -0.25) is 4.79 Å². The third kappa shape index (κ3) is 3.60. The molecule has 5 heteroatoms. The Morgan fingerprint density at radius 1 is 1.53 bits per heavy atom. The van der Waals surface area contributed by atoms with E-state index < -0.39 is 0 Å². The summed E-state index contributed by atoms with van der Waals surface area (Å²) < 4.78 is 0. The van der Waals surface area contributed by atoms with Crippen LogP contribution in [0.5, 0.6) is 0 Å². The highest BCUT2D eigenvalue weighted by Gasteiger charge is 2.28. The Bertz CT molecular complexity index is 308. The van der Waals surface area contributed by atoms with Gasteiger partial charge < -0.3 is 10.6 Å². The fraction of sp³-hybridized carbons (Fsp3) is 0.600. The Kier molecular flexibility index (Phi) is 3.69. The summed E-state index contributed by atoms with van der Waals surface area (Å²) in [7, 11) is 0. The number of rotatable bonds is 6. The zero-order valence-electron chi connectivity index (χ0n) is 8.53. The molecule has 0 atom stereocenters. The fourth-order valence-corrected chi connectivity index (χ4v) is 1.89. The maximum absolute atomic E-state index is 11.2. The van der Waals surface area contributed by atoms with Gasteiger partial charge in [-0.05, 0) is 12.8 Å². The van der Waals surface area contributed by atoms with E-state index in [0.717, 1.165) is 30.9 Å². The lowest BCUT2D eigenvalue weighted by Gasteiger charge is -2.04. The second-order valence-electron chi connectivity index (χ2n) is 3.67. The maximum Gasteiger partial charge on any atom is 0.223 e. The highest BCUT2D eigenvalue weighted by Crippen LogP contribution is 2.28. The molecule has 1 aliphatic rings. The van der Waals surface area contributed by atoms with E-state index in [9.17, 15) is 4.79 Å². The van der Waals surface area contributed by atoms with Crippen LogP contribution in [0.15, 0.2) is 11.6 Å². The van der Waals surface area contributed by atoms with Gasteiger partial charge in [-0.25, -0.2) is 4.98 Å². The second kappa shape index (κ2) is 5.23. The maximum atomic E-state index is 11.2. The van der Waals surface area contributed by atoms with Gasteiger partial charge in [0, 0.05) is 37.1 Å². The van der Waals surface area contributed by atoms with Crippen LogP contribution in [-0.4, -0.2) is 24.0 Å².